The quantitative estimate of drug-likeness (QED) is 0.477. The molecule has 1 N–H and O–H groups in total. The molecular weight excluding hydrogens is 160 g/mol. The number of carbonyl (C=O) groups is 1. The smallest absolute Gasteiger partial charge is 0.236 e. The third-order valence-electron chi connectivity index (χ3n) is 1.28. The van der Waals surface area contributed by atoms with Gasteiger partial charge in [0.15, 0.2) is 0 Å². The van der Waals surface area contributed by atoms with Crippen molar-refractivity contribution < 1.29 is 4.79 Å². The maximum atomic E-state index is 11.1. The number of nitrogens with zero attached hydrogens (tertiary/aromatic N) is 1. The van der Waals surface area contributed by atoms with Crippen molar-refractivity contribution in [3.63, 3.8) is 0 Å². The SMILES string of the molecule is CCNN(CCS)C(=O)CC. The van der Waals surface area contributed by atoms with E-state index in [0.717, 1.165) is 6.54 Å². The Morgan fingerprint density at radius 3 is 2.55 bits per heavy atom. The van der Waals surface area contributed by atoms with Gasteiger partial charge in [-0.25, -0.2) is 5.43 Å². The van der Waals surface area contributed by atoms with Crippen molar-refractivity contribution >= 4 is 18.5 Å². The van der Waals surface area contributed by atoms with Crippen LogP contribution in [0.2, 0.25) is 0 Å². The van der Waals surface area contributed by atoms with E-state index in [1.54, 1.807) is 5.01 Å². The van der Waals surface area contributed by atoms with Crippen LogP contribution in [0.4, 0.5) is 0 Å². The molecule has 0 rings (SSSR count). The van der Waals surface area contributed by atoms with Gasteiger partial charge in [0.2, 0.25) is 5.91 Å². The van der Waals surface area contributed by atoms with Gasteiger partial charge in [0.05, 0.1) is 0 Å². The van der Waals surface area contributed by atoms with Crippen molar-refractivity contribution in [3.8, 4) is 0 Å². The number of rotatable bonds is 5. The number of carbonyl (C=O) groups excluding carboxylic acids is 1. The summed E-state index contributed by atoms with van der Waals surface area (Å²) >= 11 is 4.05. The van der Waals surface area contributed by atoms with Crippen molar-refractivity contribution in [1.29, 1.82) is 0 Å². The fraction of sp³-hybridized carbons (Fsp3) is 0.857. The first-order valence-electron chi connectivity index (χ1n) is 3.91. The summed E-state index contributed by atoms with van der Waals surface area (Å²) in [5.41, 5.74) is 2.97. The molecule has 0 aliphatic heterocycles. The number of hydrazine groups is 1. The molecule has 0 heterocycles. The Morgan fingerprint density at radius 2 is 2.18 bits per heavy atom. The Bertz CT molecular complexity index is 113. The summed E-state index contributed by atoms with van der Waals surface area (Å²) in [6.45, 7) is 5.27. The second-order valence-electron chi connectivity index (χ2n) is 2.13. The maximum Gasteiger partial charge on any atom is 0.236 e. The standard InChI is InChI=1S/C7H16N2OS/c1-3-7(10)9(5-6-11)8-4-2/h8,11H,3-6H2,1-2H3. The van der Waals surface area contributed by atoms with E-state index in [1.165, 1.54) is 0 Å². The van der Waals surface area contributed by atoms with Crippen molar-refractivity contribution in [2.75, 3.05) is 18.8 Å². The van der Waals surface area contributed by atoms with Gasteiger partial charge in [-0.15, -0.1) is 0 Å². The average Bonchev–Trinajstić information content (AvgIpc) is 2.03. The van der Waals surface area contributed by atoms with E-state index in [4.69, 9.17) is 0 Å². The minimum Gasteiger partial charge on any atom is -0.277 e. The molecular formula is C7H16N2OS. The van der Waals surface area contributed by atoms with Crippen LogP contribution in [0, 0.1) is 0 Å². The van der Waals surface area contributed by atoms with Crippen LogP contribution in [-0.4, -0.2) is 29.8 Å². The minimum atomic E-state index is 0.126. The molecule has 0 bridgehead atoms. The van der Waals surface area contributed by atoms with Crippen LogP contribution in [0.25, 0.3) is 0 Å². The largest absolute Gasteiger partial charge is 0.277 e. The zero-order valence-corrected chi connectivity index (χ0v) is 8.03. The molecule has 11 heavy (non-hydrogen) atoms. The Labute approximate surface area is 73.5 Å². The topological polar surface area (TPSA) is 32.3 Å². The normalized spacial score (nSPS) is 9.73. The van der Waals surface area contributed by atoms with Crippen LogP contribution in [-0.2, 0) is 4.79 Å². The molecule has 0 saturated carbocycles. The number of amides is 1. The van der Waals surface area contributed by atoms with E-state index in [1.807, 2.05) is 13.8 Å². The zero-order chi connectivity index (χ0) is 8.69. The van der Waals surface area contributed by atoms with Crippen LogP contribution in [0.3, 0.4) is 0 Å². The molecule has 1 amide bonds. The molecule has 0 saturated heterocycles. The van der Waals surface area contributed by atoms with Gasteiger partial charge in [-0.05, 0) is 0 Å². The Morgan fingerprint density at radius 1 is 1.55 bits per heavy atom. The highest BCUT2D eigenvalue weighted by molar-refractivity contribution is 7.80. The second-order valence-corrected chi connectivity index (χ2v) is 2.58. The van der Waals surface area contributed by atoms with Gasteiger partial charge < -0.3 is 0 Å². The van der Waals surface area contributed by atoms with Gasteiger partial charge >= 0.3 is 0 Å². The lowest BCUT2D eigenvalue weighted by atomic mass is 10.4. The lowest BCUT2D eigenvalue weighted by molar-refractivity contribution is -0.133. The Balaban J connectivity index is 3.76. The van der Waals surface area contributed by atoms with Crippen LogP contribution in [0.15, 0.2) is 0 Å². The molecule has 0 aliphatic carbocycles. The van der Waals surface area contributed by atoms with E-state index in [2.05, 4.69) is 18.1 Å². The van der Waals surface area contributed by atoms with Gasteiger partial charge in [0, 0.05) is 25.3 Å². The third kappa shape index (κ3) is 4.27. The van der Waals surface area contributed by atoms with Crippen LogP contribution >= 0.6 is 12.6 Å². The highest BCUT2D eigenvalue weighted by Gasteiger charge is 2.07. The highest BCUT2D eigenvalue weighted by atomic mass is 32.1. The van der Waals surface area contributed by atoms with Gasteiger partial charge in [-0.3, -0.25) is 9.80 Å². The predicted octanol–water partition coefficient (Wildman–Crippen LogP) is 0.679. The molecule has 0 aromatic heterocycles. The Kier molecular flexibility index (Phi) is 6.36. The van der Waals surface area contributed by atoms with E-state index >= 15 is 0 Å². The molecule has 3 nitrogen and oxygen atoms in total. The fourth-order valence-electron chi connectivity index (χ4n) is 0.774. The van der Waals surface area contributed by atoms with E-state index in [0.29, 0.717) is 18.7 Å². The summed E-state index contributed by atoms with van der Waals surface area (Å²) in [6.07, 6.45) is 0.542. The van der Waals surface area contributed by atoms with E-state index < -0.39 is 0 Å². The summed E-state index contributed by atoms with van der Waals surface area (Å²) in [6, 6.07) is 0. The van der Waals surface area contributed by atoms with Crippen molar-refractivity contribution in [2.45, 2.75) is 20.3 Å². The molecule has 0 aromatic rings. The van der Waals surface area contributed by atoms with Gasteiger partial charge in [0.1, 0.15) is 0 Å². The summed E-state index contributed by atoms with van der Waals surface area (Å²) in [5, 5.41) is 1.62. The maximum absolute atomic E-state index is 11.1. The number of nitrogens with one attached hydrogen (secondary N) is 1. The first-order valence-corrected chi connectivity index (χ1v) is 4.54. The lowest BCUT2D eigenvalue weighted by Crippen LogP contribution is -2.43. The Hall–Kier alpha value is -0.220. The fourth-order valence-corrected chi connectivity index (χ4v) is 0.974. The molecule has 0 fully saturated rings. The van der Waals surface area contributed by atoms with Gasteiger partial charge in [-0.1, -0.05) is 13.8 Å². The van der Waals surface area contributed by atoms with E-state index in [9.17, 15) is 4.79 Å². The zero-order valence-electron chi connectivity index (χ0n) is 7.13. The molecule has 0 atom stereocenters. The predicted molar refractivity (Wildman–Crippen MR) is 49.5 cm³/mol. The van der Waals surface area contributed by atoms with Crippen molar-refractivity contribution in [3.05, 3.63) is 0 Å². The van der Waals surface area contributed by atoms with Crippen LogP contribution < -0.4 is 5.43 Å². The average molecular weight is 176 g/mol. The molecule has 0 spiro atoms. The molecule has 66 valence electrons. The minimum absolute atomic E-state index is 0.126. The van der Waals surface area contributed by atoms with Crippen molar-refractivity contribution in [1.82, 2.24) is 10.4 Å². The second kappa shape index (κ2) is 6.49. The summed E-state index contributed by atoms with van der Waals surface area (Å²) in [7, 11) is 0. The first kappa shape index (κ1) is 10.8. The molecule has 0 radical (unpaired) electrons. The lowest BCUT2D eigenvalue weighted by Gasteiger charge is -2.20. The molecule has 0 aliphatic rings. The molecule has 0 unspecified atom stereocenters. The van der Waals surface area contributed by atoms with Crippen LogP contribution in [0.5, 0.6) is 0 Å². The number of hydrogen-bond donors (Lipinski definition) is 2. The summed E-state index contributed by atoms with van der Waals surface area (Å²) < 4.78 is 0. The van der Waals surface area contributed by atoms with E-state index in [-0.39, 0.29) is 5.91 Å². The monoisotopic (exact) mass is 176 g/mol. The molecule has 0 aromatic carbocycles. The first-order chi connectivity index (χ1) is 5.26. The van der Waals surface area contributed by atoms with Gasteiger partial charge in [0.25, 0.3) is 0 Å². The van der Waals surface area contributed by atoms with Gasteiger partial charge in [-0.2, -0.15) is 12.6 Å². The number of thiol groups is 1. The van der Waals surface area contributed by atoms with Crippen LogP contribution in [0.1, 0.15) is 20.3 Å². The highest BCUT2D eigenvalue weighted by Crippen LogP contribution is 1.90. The number of hydrogen-bond acceptors (Lipinski definition) is 3. The molecule has 4 heteroatoms. The summed E-state index contributed by atoms with van der Waals surface area (Å²) in [4.78, 5) is 11.1. The third-order valence-corrected chi connectivity index (χ3v) is 1.48. The van der Waals surface area contributed by atoms with Crippen molar-refractivity contribution in [2.24, 2.45) is 0 Å². The summed E-state index contributed by atoms with van der Waals surface area (Å²) in [5.74, 6) is 0.819.